The van der Waals surface area contributed by atoms with Crippen LogP contribution in [0.3, 0.4) is 0 Å². The molecular formula is C49H36N4. The molecule has 0 N–H and O–H groups in total. The number of rotatable bonds is 4. The minimum atomic E-state index is -0.508. The summed E-state index contributed by atoms with van der Waals surface area (Å²) < 4.78 is 0. The van der Waals surface area contributed by atoms with Gasteiger partial charge in [-0.3, -0.25) is 4.98 Å². The van der Waals surface area contributed by atoms with Gasteiger partial charge in [0, 0.05) is 23.0 Å². The molecule has 0 saturated heterocycles. The monoisotopic (exact) mass is 680 g/mol. The third-order valence-corrected chi connectivity index (χ3v) is 11.2. The molecule has 1 spiro atoms. The van der Waals surface area contributed by atoms with Crippen LogP contribution in [0, 0.1) is 27.7 Å². The third kappa shape index (κ3) is 4.62. The van der Waals surface area contributed by atoms with Crippen LogP contribution in [0.25, 0.3) is 67.0 Å². The molecule has 1 atom stereocenters. The molecule has 1 unspecified atom stereocenters. The van der Waals surface area contributed by atoms with Crippen molar-refractivity contribution >= 4 is 0 Å². The van der Waals surface area contributed by atoms with Gasteiger partial charge in [0.25, 0.3) is 0 Å². The van der Waals surface area contributed by atoms with Gasteiger partial charge in [-0.25, -0.2) is 15.0 Å². The zero-order valence-electron chi connectivity index (χ0n) is 30.1. The smallest absolute Gasteiger partial charge is 0.163 e. The number of benzene rings is 6. The summed E-state index contributed by atoms with van der Waals surface area (Å²) in [6.45, 7) is 8.06. The Labute approximate surface area is 310 Å². The molecule has 0 radical (unpaired) electrons. The van der Waals surface area contributed by atoms with Gasteiger partial charge < -0.3 is 0 Å². The highest BCUT2D eigenvalue weighted by Crippen LogP contribution is 2.64. The summed E-state index contributed by atoms with van der Waals surface area (Å²) in [5.41, 5.74) is 20.1. The predicted octanol–water partition coefficient (Wildman–Crippen LogP) is 11.5. The Balaban J connectivity index is 1.22. The lowest BCUT2D eigenvalue weighted by Crippen LogP contribution is -2.26. The van der Waals surface area contributed by atoms with E-state index in [-0.39, 0.29) is 0 Å². The largest absolute Gasteiger partial charge is 0.261 e. The zero-order chi connectivity index (χ0) is 35.8. The fourth-order valence-electron chi connectivity index (χ4n) is 9.05. The van der Waals surface area contributed by atoms with Crippen molar-refractivity contribution in [1.29, 1.82) is 0 Å². The molecule has 2 aliphatic carbocycles. The van der Waals surface area contributed by atoms with Crippen molar-refractivity contribution in [3.05, 3.63) is 191 Å². The predicted molar refractivity (Wildman–Crippen MR) is 215 cm³/mol. The van der Waals surface area contributed by atoms with Crippen LogP contribution < -0.4 is 0 Å². The highest BCUT2D eigenvalue weighted by Gasteiger charge is 2.52. The molecule has 53 heavy (non-hydrogen) atoms. The van der Waals surface area contributed by atoms with Crippen LogP contribution in [0.2, 0.25) is 0 Å². The first-order valence-electron chi connectivity index (χ1n) is 18.2. The lowest BCUT2D eigenvalue weighted by atomic mass is 9.70. The summed E-state index contributed by atoms with van der Waals surface area (Å²) in [7, 11) is 0. The number of hydrogen-bond donors (Lipinski definition) is 0. The molecule has 252 valence electrons. The van der Waals surface area contributed by atoms with Gasteiger partial charge in [-0.2, -0.15) is 0 Å². The second-order valence-electron chi connectivity index (χ2n) is 14.4. The molecule has 4 nitrogen and oxygen atoms in total. The molecule has 0 fully saturated rings. The molecule has 4 heteroatoms. The maximum Gasteiger partial charge on any atom is 0.163 e. The standard InChI is InChI=1S/C49H36N4/c1-29-25-42(30(2)50-28-29)34-14-11-13-33(26-34)36-15-5-6-16-37(36)40-19-12-22-45-47(40)41-18-8-10-21-44(41)49(45)43-20-9-7-17-38(43)39-24-23-35(27-46(39)49)48-52-31(3)51-32(4)53-48/h5-28H,1-4H3. The first-order valence-corrected chi connectivity index (χ1v) is 18.2. The highest BCUT2D eigenvalue weighted by atomic mass is 15.0. The van der Waals surface area contributed by atoms with E-state index in [2.05, 4.69) is 163 Å². The Morgan fingerprint density at radius 1 is 0.396 bits per heavy atom. The van der Waals surface area contributed by atoms with Crippen molar-refractivity contribution in [2.24, 2.45) is 0 Å². The maximum atomic E-state index is 4.78. The molecule has 0 aliphatic heterocycles. The van der Waals surface area contributed by atoms with Crippen molar-refractivity contribution in [2.45, 2.75) is 33.1 Å². The number of aryl methyl sites for hydroxylation is 4. The number of pyridine rings is 1. The van der Waals surface area contributed by atoms with Crippen molar-refractivity contribution in [2.75, 3.05) is 0 Å². The van der Waals surface area contributed by atoms with E-state index in [0.717, 1.165) is 28.5 Å². The second kappa shape index (κ2) is 11.8. The van der Waals surface area contributed by atoms with E-state index >= 15 is 0 Å². The van der Waals surface area contributed by atoms with E-state index in [9.17, 15) is 0 Å². The van der Waals surface area contributed by atoms with Gasteiger partial charge in [0.1, 0.15) is 11.6 Å². The van der Waals surface area contributed by atoms with Crippen molar-refractivity contribution in [1.82, 2.24) is 19.9 Å². The van der Waals surface area contributed by atoms with E-state index in [1.54, 1.807) is 0 Å². The molecule has 0 amide bonds. The topological polar surface area (TPSA) is 51.6 Å². The average Bonchev–Trinajstić information content (AvgIpc) is 3.66. The van der Waals surface area contributed by atoms with Crippen LogP contribution in [0.5, 0.6) is 0 Å². The normalized spacial score (nSPS) is 14.9. The van der Waals surface area contributed by atoms with Crippen LogP contribution in [0.4, 0.5) is 0 Å². The summed E-state index contributed by atoms with van der Waals surface area (Å²) in [5, 5.41) is 0. The van der Waals surface area contributed by atoms with Gasteiger partial charge in [0.05, 0.1) is 5.41 Å². The molecule has 0 bridgehead atoms. The zero-order valence-corrected chi connectivity index (χ0v) is 30.1. The number of hydrogen-bond acceptors (Lipinski definition) is 4. The van der Waals surface area contributed by atoms with Gasteiger partial charge in [-0.1, -0.05) is 121 Å². The minimum absolute atomic E-state index is 0.508. The van der Waals surface area contributed by atoms with Gasteiger partial charge in [-0.15, -0.1) is 0 Å². The molecular weight excluding hydrogens is 645 g/mol. The van der Waals surface area contributed by atoms with Crippen LogP contribution in [0.1, 0.15) is 45.2 Å². The third-order valence-electron chi connectivity index (χ3n) is 11.2. The quantitative estimate of drug-likeness (QED) is 0.186. The van der Waals surface area contributed by atoms with Crippen LogP contribution >= 0.6 is 0 Å². The van der Waals surface area contributed by atoms with Crippen LogP contribution in [0.15, 0.2) is 146 Å². The molecule has 2 aliphatic rings. The Hall–Kier alpha value is -6.52. The fraction of sp³-hybridized carbons (Fsp3) is 0.102. The van der Waals surface area contributed by atoms with Gasteiger partial charge in [0.2, 0.25) is 0 Å². The lowest BCUT2D eigenvalue weighted by molar-refractivity contribution is 0.793. The Morgan fingerprint density at radius 3 is 1.75 bits per heavy atom. The summed E-state index contributed by atoms with van der Waals surface area (Å²) in [4.78, 5) is 18.7. The SMILES string of the molecule is Cc1cnc(C)c(-c2cccc(-c3ccccc3-c3cccc4c3-c3ccccc3C43c4ccccc4-c4ccc(-c5nc(C)nc(C)n5)cc43)c2)c1. The van der Waals surface area contributed by atoms with Gasteiger partial charge in [0.15, 0.2) is 5.82 Å². The number of fused-ring (bicyclic) bond motifs is 10. The Bertz CT molecular complexity index is 2780. The van der Waals surface area contributed by atoms with E-state index < -0.39 is 5.41 Å². The first kappa shape index (κ1) is 31.2. The average molecular weight is 681 g/mol. The summed E-state index contributed by atoms with van der Waals surface area (Å²) in [5.74, 6) is 2.15. The number of aromatic nitrogens is 4. The van der Waals surface area contributed by atoms with Gasteiger partial charge in [-0.05, 0) is 124 Å². The van der Waals surface area contributed by atoms with E-state index in [4.69, 9.17) is 9.97 Å². The molecule has 6 aromatic carbocycles. The van der Waals surface area contributed by atoms with Crippen molar-refractivity contribution in [3.63, 3.8) is 0 Å². The Morgan fingerprint density at radius 2 is 0.981 bits per heavy atom. The molecule has 8 aromatic rings. The van der Waals surface area contributed by atoms with Crippen molar-refractivity contribution < 1.29 is 0 Å². The summed E-state index contributed by atoms with van der Waals surface area (Å²) >= 11 is 0. The summed E-state index contributed by atoms with van der Waals surface area (Å²) in [6, 6.07) is 51.7. The van der Waals surface area contributed by atoms with Crippen LogP contribution in [-0.2, 0) is 5.41 Å². The van der Waals surface area contributed by atoms with E-state index in [0.29, 0.717) is 5.82 Å². The second-order valence-corrected chi connectivity index (χ2v) is 14.4. The Kier molecular flexibility index (Phi) is 6.93. The fourth-order valence-corrected chi connectivity index (χ4v) is 9.05. The highest BCUT2D eigenvalue weighted by molar-refractivity contribution is 6.02. The van der Waals surface area contributed by atoms with Crippen LogP contribution in [-0.4, -0.2) is 19.9 Å². The maximum absolute atomic E-state index is 4.78. The summed E-state index contributed by atoms with van der Waals surface area (Å²) in [6.07, 6.45) is 1.94. The minimum Gasteiger partial charge on any atom is -0.261 e. The molecule has 0 saturated carbocycles. The molecule has 10 rings (SSSR count). The lowest BCUT2D eigenvalue weighted by Gasteiger charge is -2.31. The number of nitrogens with zero attached hydrogens (tertiary/aromatic N) is 4. The first-order chi connectivity index (χ1) is 25.9. The molecule has 2 heterocycles. The van der Waals surface area contributed by atoms with Crippen molar-refractivity contribution in [3.8, 4) is 67.0 Å². The van der Waals surface area contributed by atoms with E-state index in [1.165, 1.54) is 77.9 Å². The van der Waals surface area contributed by atoms with Gasteiger partial charge >= 0.3 is 0 Å². The molecule has 2 aromatic heterocycles. The van der Waals surface area contributed by atoms with E-state index in [1.807, 2.05) is 20.0 Å².